The predicted octanol–water partition coefficient (Wildman–Crippen LogP) is 3.81. The minimum absolute atomic E-state index is 0.00767. The van der Waals surface area contributed by atoms with Crippen molar-refractivity contribution in [3.8, 4) is 5.75 Å². The van der Waals surface area contributed by atoms with Crippen molar-refractivity contribution in [3.63, 3.8) is 0 Å². The molecule has 0 radical (unpaired) electrons. The van der Waals surface area contributed by atoms with Crippen molar-refractivity contribution in [2.75, 3.05) is 19.0 Å². The summed E-state index contributed by atoms with van der Waals surface area (Å²) in [5, 5.41) is 3.63. The van der Waals surface area contributed by atoms with E-state index in [0.29, 0.717) is 18.9 Å². The van der Waals surface area contributed by atoms with Crippen LogP contribution in [0, 0.1) is 17.8 Å². The molecule has 0 saturated heterocycles. The molecule has 1 aromatic heterocycles. The SMILES string of the molecule is CCOC(=O)C1C2C=CC(C2)C1Nc1nc(Cc2cccc(OC)c2)nc2c1C=CC2. The average Bonchev–Trinajstić information content (AvgIpc) is 3.50. The number of ether oxygens (including phenoxy) is 2. The molecule has 2 aromatic rings. The van der Waals surface area contributed by atoms with Crippen LogP contribution in [0.3, 0.4) is 0 Å². The number of rotatable bonds is 7. The van der Waals surface area contributed by atoms with Crippen molar-refractivity contribution in [2.24, 2.45) is 17.8 Å². The molecule has 0 amide bonds. The fourth-order valence-electron chi connectivity index (χ4n) is 5.08. The quantitative estimate of drug-likeness (QED) is 0.546. The molecule has 1 fully saturated rings. The van der Waals surface area contributed by atoms with Crippen molar-refractivity contribution >= 4 is 17.9 Å². The first-order valence-corrected chi connectivity index (χ1v) is 11.0. The molecule has 0 spiro atoms. The number of carbonyl (C=O) groups excluding carboxylic acids is 1. The summed E-state index contributed by atoms with van der Waals surface area (Å²) in [4.78, 5) is 22.4. The lowest BCUT2D eigenvalue weighted by Crippen LogP contribution is -2.39. The summed E-state index contributed by atoms with van der Waals surface area (Å²) in [7, 11) is 1.67. The second kappa shape index (κ2) is 8.17. The molecule has 6 nitrogen and oxygen atoms in total. The van der Waals surface area contributed by atoms with Gasteiger partial charge in [0.1, 0.15) is 17.4 Å². The summed E-state index contributed by atoms with van der Waals surface area (Å²) in [5.74, 6) is 2.68. The number of fused-ring (bicyclic) bond motifs is 3. The van der Waals surface area contributed by atoms with Crippen molar-refractivity contribution in [1.29, 1.82) is 0 Å². The molecular weight excluding hydrogens is 390 g/mol. The Kier molecular flexibility index (Phi) is 5.22. The van der Waals surface area contributed by atoms with E-state index >= 15 is 0 Å². The normalized spacial score (nSPS) is 25.0. The molecule has 1 aromatic carbocycles. The molecule has 3 aliphatic carbocycles. The molecule has 2 bridgehead atoms. The van der Waals surface area contributed by atoms with Crippen molar-refractivity contribution in [1.82, 2.24) is 9.97 Å². The summed E-state index contributed by atoms with van der Waals surface area (Å²) >= 11 is 0. The first kappa shape index (κ1) is 19.8. The summed E-state index contributed by atoms with van der Waals surface area (Å²) in [6, 6.07) is 7.98. The van der Waals surface area contributed by atoms with Gasteiger partial charge in [-0.25, -0.2) is 9.97 Å². The maximum Gasteiger partial charge on any atom is 0.311 e. The van der Waals surface area contributed by atoms with Crippen LogP contribution >= 0.6 is 0 Å². The highest BCUT2D eigenvalue weighted by Crippen LogP contribution is 2.46. The highest BCUT2D eigenvalue weighted by Gasteiger charge is 2.49. The van der Waals surface area contributed by atoms with E-state index in [9.17, 15) is 4.79 Å². The number of nitrogens with one attached hydrogen (secondary N) is 1. The zero-order valence-electron chi connectivity index (χ0n) is 17.9. The monoisotopic (exact) mass is 417 g/mol. The molecule has 4 unspecified atom stereocenters. The van der Waals surface area contributed by atoms with Gasteiger partial charge in [-0.05, 0) is 42.9 Å². The smallest absolute Gasteiger partial charge is 0.311 e. The van der Waals surface area contributed by atoms with E-state index in [1.165, 1.54) is 0 Å². The van der Waals surface area contributed by atoms with E-state index in [2.05, 4.69) is 35.7 Å². The Bertz CT molecular complexity index is 1060. The summed E-state index contributed by atoms with van der Waals surface area (Å²) in [6.45, 7) is 2.26. The maximum absolute atomic E-state index is 12.7. The number of methoxy groups -OCH3 is 1. The van der Waals surface area contributed by atoms with E-state index < -0.39 is 0 Å². The molecule has 4 atom stereocenters. The summed E-state index contributed by atoms with van der Waals surface area (Å²) in [5.41, 5.74) is 3.16. The number of esters is 1. The highest BCUT2D eigenvalue weighted by atomic mass is 16.5. The molecule has 6 heteroatoms. The van der Waals surface area contributed by atoms with Crippen LogP contribution in [0.4, 0.5) is 5.82 Å². The Morgan fingerprint density at radius 1 is 1.23 bits per heavy atom. The standard InChI is InChI=1S/C25H27N3O3/c1-3-31-25(29)22-16-10-11-17(14-16)23(22)28-24-19-8-5-9-20(19)26-21(27-24)13-15-6-4-7-18(12-15)30-2/h4-8,10-12,16-17,22-23H,3,9,13-14H2,1-2H3,(H,26,27,28). The average molecular weight is 418 g/mol. The number of benzene rings is 1. The van der Waals surface area contributed by atoms with Crippen molar-refractivity contribution in [2.45, 2.75) is 32.2 Å². The van der Waals surface area contributed by atoms with E-state index in [4.69, 9.17) is 19.4 Å². The fourth-order valence-corrected chi connectivity index (χ4v) is 5.08. The second-order valence-corrected chi connectivity index (χ2v) is 8.38. The lowest BCUT2D eigenvalue weighted by Gasteiger charge is -2.28. The minimum atomic E-state index is -0.173. The fraction of sp³-hybridized carbons (Fsp3) is 0.400. The van der Waals surface area contributed by atoms with Gasteiger partial charge < -0.3 is 14.8 Å². The summed E-state index contributed by atoms with van der Waals surface area (Å²) < 4.78 is 10.7. The number of anilines is 1. The molecule has 0 aliphatic heterocycles. The van der Waals surface area contributed by atoms with Crippen LogP contribution in [0.5, 0.6) is 5.75 Å². The van der Waals surface area contributed by atoms with Gasteiger partial charge in [-0.3, -0.25) is 4.79 Å². The number of carbonyl (C=O) groups is 1. The zero-order valence-corrected chi connectivity index (χ0v) is 17.9. The first-order chi connectivity index (χ1) is 15.2. The van der Waals surface area contributed by atoms with E-state index in [1.54, 1.807) is 7.11 Å². The highest BCUT2D eigenvalue weighted by molar-refractivity contribution is 5.77. The van der Waals surface area contributed by atoms with Gasteiger partial charge in [0.2, 0.25) is 0 Å². The summed E-state index contributed by atoms with van der Waals surface area (Å²) in [6.07, 6.45) is 11.0. The Morgan fingerprint density at radius 2 is 2.10 bits per heavy atom. The Hall–Kier alpha value is -3.15. The van der Waals surface area contributed by atoms with Crippen LogP contribution in [0.15, 0.2) is 42.5 Å². The van der Waals surface area contributed by atoms with Crippen molar-refractivity contribution in [3.05, 3.63) is 65.1 Å². The number of aromatic nitrogens is 2. The van der Waals surface area contributed by atoms with E-state index in [-0.39, 0.29) is 23.8 Å². The van der Waals surface area contributed by atoms with Gasteiger partial charge >= 0.3 is 5.97 Å². The predicted molar refractivity (Wildman–Crippen MR) is 119 cm³/mol. The van der Waals surface area contributed by atoms with Gasteiger partial charge in [-0.15, -0.1) is 0 Å². The molecule has 5 rings (SSSR count). The van der Waals surface area contributed by atoms with E-state index in [1.807, 2.05) is 25.1 Å². The Balaban J connectivity index is 1.44. The van der Waals surface area contributed by atoms with Gasteiger partial charge in [-0.2, -0.15) is 0 Å². The van der Waals surface area contributed by atoms with Crippen LogP contribution in [-0.4, -0.2) is 35.7 Å². The Labute approximate surface area is 182 Å². The third-order valence-corrected chi connectivity index (χ3v) is 6.48. The van der Waals surface area contributed by atoms with Gasteiger partial charge in [0.25, 0.3) is 0 Å². The molecule has 1 heterocycles. The molecule has 160 valence electrons. The van der Waals surface area contributed by atoms with Crippen LogP contribution in [0.1, 0.15) is 36.0 Å². The van der Waals surface area contributed by atoms with Crippen LogP contribution in [-0.2, 0) is 22.4 Å². The first-order valence-electron chi connectivity index (χ1n) is 11.0. The molecule has 3 aliphatic rings. The number of nitrogens with zero attached hydrogens (tertiary/aromatic N) is 2. The van der Waals surface area contributed by atoms with Gasteiger partial charge in [0, 0.05) is 24.4 Å². The van der Waals surface area contributed by atoms with Crippen molar-refractivity contribution < 1.29 is 14.3 Å². The maximum atomic E-state index is 12.7. The van der Waals surface area contributed by atoms with E-state index in [0.717, 1.165) is 47.1 Å². The van der Waals surface area contributed by atoms with Gasteiger partial charge in [0.05, 0.1) is 25.3 Å². The third-order valence-electron chi connectivity index (χ3n) is 6.48. The zero-order chi connectivity index (χ0) is 21.4. The number of hydrogen-bond acceptors (Lipinski definition) is 6. The van der Waals surface area contributed by atoms with Gasteiger partial charge in [0.15, 0.2) is 0 Å². The second-order valence-electron chi connectivity index (χ2n) is 8.38. The molecule has 31 heavy (non-hydrogen) atoms. The topological polar surface area (TPSA) is 73.3 Å². The van der Waals surface area contributed by atoms with Crippen LogP contribution in [0.2, 0.25) is 0 Å². The lowest BCUT2D eigenvalue weighted by molar-refractivity contribution is -0.149. The third kappa shape index (κ3) is 3.71. The largest absolute Gasteiger partial charge is 0.497 e. The molecule has 1 N–H and O–H groups in total. The number of hydrogen-bond donors (Lipinski definition) is 1. The molecule has 1 saturated carbocycles. The van der Waals surface area contributed by atoms with Crippen LogP contribution in [0.25, 0.3) is 6.08 Å². The minimum Gasteiger partial charge on any atom is -0.497 e. The Morgan fingerprint density at radius 3 is 2.94 bits per heavy atom. The number of allylic oxidation sites excluding steroid dienone is 2. The van der Waals surface area contributed by atoms with Crippen LogP contribution < -0.4 is 10.1 Å². The molecular formula is C25H27N3O3. The van der Waals surface area contributed by atoms with Gasteiger partial charge in [-0.1, -0.05) is 36.4 Å². The lowest BCUT2D eigenvalue weighted by atomic mass is 9.88.